The Labute approximate surface area is 154 Å². The van der Waals surface area contributed by atoms with Crippen LogP contribution >= 0.6 is 0 Å². The van der Waals surface area contributed by atoms with Crippen molar-refractivity contribution < 1.29 is 19.0 Å². The zero-order valence-electron chi connectivity index (χ0n) is 15.4. The monoisotopic (exact) mass is 358 g/mol. The SMILES string of the molecule is COc1ccc([C@]2(C#N)CC[C@](OC)(C(N)=O)CC2)cc1OCC1CC1. The predicted octanol–water partition coefficient (Wildman–Crippen LogP) is 2.69. The fraction of sp³-hybridized carbons (Fsp3) is 0.600. The molecule has 1 aromatic rings. The van der Waals surface area contributed by atoms with E-state index in [-0.39, 0.29) is 0 Å². The van der Waals surface area contributed by atoms with Gasteiger partial charge in [-0.3, -0.25) is 4.79 Å². The van der Waals surface area contributed by atoms with Crippen molar-refractivity contribution in [2.75, 3.05) is 20.8 Å². The Bertz CT molecular complexity index is 713. The van der Waals surface area contributed by atoms with E-state index in [1.165, 1.54) is 20.0 Å². The minimum Gasteiger partial charge on any atom is -0.493 e. The molecule has 3 rings (SSSR count). The van der Waals surface area contributed by atoms with Gasteiger partial charge in [-0.25, -0.2) is 0 Å². The molecule has 0 radical (unpaired) electrons. The molecule has 2 fully saturated rings. The maximum atomic E-state index is 11.8. The number of benzene rings is 1. The smallest absolute Gasteiger partial charge is 0.249 e. The van der Waals surface area contributed by atoms with Crippen molar-refractivity contribution in [1.82, 2.24) is 0 Å². The predicted molar refractivity (Wildman–Crippen MR) is 95.9 cm³/mol. The van der Waals surface area contributed by atoms with Crippen LogP contribution in [0, 0.1) is 17.2 Å². The highest BCUT2D eigenvalue weighted by Gasteiger charge is 2.47. The van der Waals surface area contributed by atoms with Crippen LogP contribution in [-0.4, -0.2) is 32.3 Å². The van der Waals surface area contributed by atoms with E-state index in [4.69, 9.17) is 19.9 Å². The first-order valence-corrected chi connectivity index (χ1v) is 9.06. The second kappa shape index (κ2) is 7.16. The summed E-state index contributed by atoms with van der Waals surface area (Å²) in [4.78, 5) is 11.8. The van der Waals surface area contributed by atoms with E-state index in [0.717, 1.165) is 5.56 Å². The normalized spacial score (nSPS) is 28.2. The number of primary amides is 1. The molecule has 2 aliphatic rings. The first kappa shape index (κ1) is 18.5. The summed E-state index contributed by atoms with van der Waals surface area (Å²) in [7, 11) is 3.11. The molecule has 0 unspecified atom stereocenters. The Kier molecular flexibility index (Phi) is 5.10. The third-order valence-electron chi connectivity index (χ3n) is 5.85. The van der Waals surface area contributed by atoms with E-state index in [1.807, 2.05) is 18.2 Å². The minimum absolute atomic E-state index is 0.427. The highest BCUT2D eigenvalue weighted by Crippen LogP contribution is 2.46. The third kappa shape index (κ3) is 3.36. The van der Waals surface area contributed by atoms with Crippen LogP contribution in [0.1, 0.15) is 44.1 Å². The van der Waals surface area contributed by atoms with Crippen LogP contribution in [-0.2, 0) is 14.9 Å². The molecule has 140 valence electrons. The number of hydrogen-bond donors (Lipinski definition) is 1. The fourth-order valence-corrected chi connectivity index (χ4v) is 3.68. The van der Waals surface area contributed by atoms with Crippen molar-refractivity contribution in [1.29, 1.82) is 5.26 Å². The second-order valence-corrected chi connectivity index (χ2v) is 7.38. The highest BCUT2D eigenvalue weighted by atomic mass is 16.5. The summed E-state index contributed by atoms with van der Waals surface area (Å²) in [6.07, 6.45) is 4.28. The second-order valence-electron chi connectivity index (χ2n) is 7.38. The zero-order valence-corrected chi connectivity index (χ0v) is 15.4. The molecule has 6 nitrogen and oxygen atoms in total. The van der Waals surface area contributed by atoms with Gasteiger partial charge in [0.05, 0.1) is 25.2 Å². The van der Waals surface area contributed by atoms with Crippen LogP contribution in [0.4, 0.5) is 0 Å². The average Bonchev–Trinajstić information content (AvgIpc) is 3.50. The Morgan fingerprint density at radius 2 is 1.92 bits per heavy atom. The van der Waals surface area contributed by atoms with Gasteiger partial charge in [-0.05, 0) is 62.1 Å². The molecule has 2 N–H and O–H groups in total. The minimum atomic E-state index is -0.974. The van der Waals surface area contributed by atoms with E-state index in [2.05, 4.69) is 6.07 Å². The number of nitrogens with two attached hydrogens (primary N) is 1. The number of carbonyl (C=O) groups is 1. The number of ether oxygens (including phenoxy) is 3. The Balaban J connectivity index is 1.85. The maximum Gasteiger partial charge on any atom is 0.249 e. The van der Waals surface area contributed by atoms with Gasteiger partial charge >= 0.3 is 0 Å². The standard InChI is InChI=1S/C20H26N2O4/c1-24-16-6-5-15(11-17(16)26-12-14-3-4-14)19(13-21)7-9-20(25-2,10-8-19)18(22)23/h5-6,11,14H,3-4,7-10,12H2,1-2H3,(H2,22,23)/t19-,20-. The molecule has 0 saturated heterocycles. The zero-order chi connectivity index (χ0) is 18.8. The number of hydrogen-bond acceptors (Lipinski definition) is 5. The number of nitrogens with zero attached hydrogens (tertiary/aromatic N) is 1. The van der Waals surface area contributed by atoms with Gasteiger partial charge in [-0.1, -0.05) is 6.07 Å². The lowest BCUT2D eigenvalue weighted by atomic mass is 9.65. The summed E-state index contributed by atoms with van der Waals surface area (Å²) in [5.41, 5.74) is 4.77. The van der Waals surface area contributed by atoms with E-state index < -0.39 is 16.9 Å². The number of rotatable bonds is 7. The quantitative estimate of drug-likeness (QED) is 0.808. The lowest BCUT2D eigenvalue weighted by Crippen LogP contribution is -2.50. The largest absolute Gasteiger partial charge is 0.493 e. The van der Waals surface area contributed by atoms with E-state index in [0.29, 0.717) is 49.7 Å². The lowest BCUT2D eigenvalue weighted by Gasteiger charge is -2.41. The molecule has 0 spiro atoms. The number of nitriles is 1. The maximum absolute atomic E-state index is 11.8. The number of carbonyl (C=O) groups excluding carboxylic acids is 1. The van der Waals surface area contributed by atoms with Crippen molar-refractivity contribution in [3.05, 3.63) is 23.8 Å². The first-order valence-electron chi connectivity index (χ1n) is 9.06. The molecule has 2 saturated carbocycles. The van der Waals surface area contributed by atoms with Gasteiger partial charge in [-0.15, -0.1) is 0 Å². The van der Waals surface area contributed by atoms with Crippen molar-refractivity contribution in [3.63, 3.8) is 0 Å². The van der Waals surface area contributed by atoms with Crippen molar-refractivity contribution in [2.45, 2.75) is 49.5 Å². The van der Waals surface area contributed by atoms with Gasteiger partial charge in [0.1, 0.15) is 5.60 Å². The van der Waals surface area contributed by atoms with Gasteiger partial charge < -0.3 is 19.9 Å². The summed E-state index contributed by atoms with van der Waals surface area (Å²) in [6.45, 7) is 0.674. The molecule has 0 aromatic heterocycles. The lowest BCUT2D eigenvalue weighted by molar-refractivity contribution is -0.145. The van der Waals surface area contributed by atoms with Crippen LogP contribution in [0.15, 0.2) is 18.2 Å². The van der Waals surface area contributed by atoms with Crippen LogP contribution in [0.5, 0.6) is 11.5 Å². The summed E-state index contributed by atoms with van der Waals surface area (Å²) in [5.74, 6) is 1.50. The Morgan fingerprint density at radius 1 is 1.23 bits per heavy atom. The topological polar surface area (TPSA) is 94.6 Å². The molecule has 26 heavy (non-hydrogen) atoms. The number of amides is 1. The summed E-state index contributed by atoms with van der Waals surface area (Å²) < 4.78 is 16.8. The summed E-state index contributed by atoms with van der Waals surface area (Å²) in [5, 5.41) is 9.94. The number of methoxy groups -OCH3 is 2. The van der Waals surface area contributed by atoms with E-state index in [9.17, 15) is 10.1 Å². The van der Waals surface area contributed by atoms with E-state index >= 15 is 0 Å². The van der Waals surface area contributed by atoms with Gasteiger partial charge in [0, 0.05) is 7.11 Å². The summed E-state index contributed by atoms with van der Waals surface area (Å²) in [6, 6.07) is 8.15. The molecule has 2 aliphatic carbocycles. The summed E-state index contributed by atoms with van der Waals surface area (Å²) >= 11 is 0. The van der Waals surface area contributed by atoms with Gasteiger partial charge in [0.25, 0.3) is 0 Å². The van der Waals surface area contributed by atoms with Crippen LogP contribution in [0.25, 0.3) is 0 Å². The molecular formula is C20H26N2O4. The molecule has 1 amide bonds. The molecule has 0 aliphatic heterocycles. The van der Waals surface area contributed by atoms with Crippen molar-refractivity contribution >= 4 is 5.91 Å². The third-order valence-corrected chi connectivity index (χ3v) is 5.85. The Morgan fingerprint density at radius 3 is 2.42 bits per heavy atom. The van der Waals surface area contributed by atoms with Crippen LogP contribution < -0.4 is 15.2 Å². The molecular weight excluding hydrogens is 332 g/mol. The van der Waals surface area contributed by atoms with Gasteiger partial charge in [-0.2, -0.15) is 5.26 Å². The van der Waals surface area contributed by atoms with Crippen LogP contribution in [0.3, 0.4) is 0 Å². The molecule has 0 atom stereocenters. The highest BCUT2D eigenvalue weighted by molar-refractivity contribution is 5.83. The molecule has 0 bridgehead atoms. The molecule has 0 heterocycles. The van der Waals surface area contributed by atoms with Crippen molar-refractivity contribution in [2.24, 2.45) is 11.7 Å². The average molecular weight is 358 g/mol. The van der Waals surface area contributed by atoms with E-state index in [1.54, 1.807) is 7.11 Å². The molecule has 1 aromatic carbocycles. The Hall–Kier alpha value is -2.26. The first-order chi connectivity index (χ1) is 12.5. The van der Waals surface area contributed by atoms with Gasteiger partial charge in [0.15, 0.2) is 11.5 Å². The van der Waals surface area contributed by atoms with Crippen LogP contribution in [0.2, 0.25) is 0 Å². The molecule has 6 heteroatoms. The fourth-order valence-electron chi connectivity index (χ4n) is 3.68. The van der Waals surface area contributed by atoms with Crippen molar-refractivity contribution in [3.8, 4) is 17.6 Å². The van der Waals surface area contributed by atoms with Gasteiger partial charge in [0.2, 0.25) is 5.91 Å².